The zero-order valence-electron chi connectivity index (χ0n) is 18.2. The van der Waals surface area contributed by atoms with Crippen LogP contribution in [0.5, 0.6) is 5.75 Å². The van der Waals surface area contributed by atoms with E-state index < -0.39 is 30.4 Å². The van der Waals surface area contributed by atoms with Gasteiger partial charge in [0.2, 0.25) is 5.91 Å². The van der Waals surface area contributed by atoms with Crippen molar-refractivity contribution in [2.75, 3.05) is 13.2 Å². The molecule has 3 N–H and O–H groups in total. The van der Waals surface area contributed by atoms with E-state index in [1.54, 1.807) is 12.1 Å². The SMILES string of the molecule is CC(C)C[C@H](NC(=O)COc1ccc2c3c(c(=O)oc2c1)CCCC3)C(=O)NCC(=O)O. The van der Waals surface area contributed by atoms with Crippen molar-refractivity contribution in [3.63, 3.8) is 0 Å². The first-order chi connectivity index (χ1) is 15.2. The average Bonchev–Trinajstić information content (AvgIpc) is 2.75. The fraction of sp³-hybridized carbons (Fsp3) is 0.478. The van der Waals surface area contributed by atoms with Crippen molar-refractivity contribution in [2.24, 2.45) is 5.92 Å². The largest absolute Gasteiger partial charge is 0.484 e. The number of nitrogens with one attached hydrogen (secondary N) is 2. The van der Waals surface area contributed by atoms with Crippen LogP contribution in [0.15, 0.2) is 27.4 Å². The smallest absolute Gasteiger partial charge is 0.339 e. The van der Waals surface area contributed by atoms with Gasteiger partial charge in [-0.1, -0.05) is 13.8 Å². The van der Waals surface area contributed by atoms with Crippen LogP contribution in [-0.4, -0.2) is 42.1 Å². The quantitative estimate of drug-likeness (QED) is 0.502. The second-order valence-corrected chi connectivity index (χ2v) is 8.36. The zero-order chi connectivity index (χ0) is 23.3. The third kappa shape index (κ3) is 5.87. The van der Waals surface area contributed by atoms with E-state index in [0.29, 0.717) is 17.8 Å². The highest BCUT2D eigenvalue weighted by atomic mass is 16.5. The van der Waals surface area contributed by atoms with Crippen LogP contribution >= 0.6 is 0 Å². The summed E-state index contributed by atoms with van der Waals surface area (Å²) in [4.78, 5) is 47.5. The Hall–Kier alpha value is -3.36. The number of ether oxygens (including phenoxy) is 1. The Morgan fingerprint density at radius 2 is 1.88 bits per heavy atom. The van der Waals surface area contributed by atoms with Crippen LogP contribution in [-0.2, 0) is 27.2 Å². The fourth-order valence-electron chi connectivity index (χ4n) is 3.89. The third-order valence-electron chi connectivity index (χ3n) is 5.34. The summed E-state index contributed by atoms with van der Waals surface area (Å²) in [5.41, 5.74) is 1.86. The van der Waals surface area contributed by atoms with E-state index in [9.17, 15) is 19.2 Å². The van der Waals surface area contributed by atoms with E-state index in [0.717, 1.165) is 42.2 Å². The number of aryl methyl sites for hydroxylation is 1. The number of rotatable bonds is 9. The lowest BCUT2D eigenvalue weighted by atomic mass is 9.91. The summed E-state index contributed by atoms with van der Waals surface area (Å²) in [5.74, 6) is -1.78. The van der Waals surface area contributed by atoms with E-state index in [-0.39, 0.29) is 18.2 Å². The first kappa shape index (κ1) is 23.3. The minimum Gasteiger partial charge on any atom is -0.484 e. The molecule has 0 spiro atoms. The fourth-order valence-corrected chi connectivity index (χ4v) is 3.89. The van der Waals surface area contributed by atoms with E-state index in [4.69, 9.17) is 14.3 Å². The summed E-state index contributed by atoms with van der Waals surface area (Å²) in [6, 6.07) is 4.27. The normalized spacial score (nSPS) is 14.0. The molecule has 1 aliphatic rings. The molecule has 0 radical (unpaired) electrons. The highest BCUT2D eigenvalue weighted by molar-refractivity contribution is 5.90. The van der Waals surface area contributed by atoms with Gasteiger partial charge in [-0.05, 0) is 55.7 Å². The second-order valence-electron chi connectivity index (χ2n) is 8.36. The van der Waals surface area contributed by atoms with Crippen LogP contribution < -0.4 is 21.0 Å². The van der Waals surface area contributed by atoms with Crippen molar-refractivity contribution < 1.29 is 28.6 Å². The maximum Gasteiger partial charge on any atom is 0.339 e. The molecule has 0 saturated heterocycles. The topological polar surface area (TPSA) is 135 Å². The maximum atomic E-state index is 12.4. The molecule has 2 amide bonds. The van der Waals surface area contributed by atoms with Crippen molar-refractivity contribution in [1.82, 2.24) is 10.6 Å². The number of carboxylic acid groups (broad SMARTS) is 1. The number of carbonyl (C=O) groups is 3. The molecule has 1 atom stereocenters. The molecule has 0 fully saturated rings. The second kappa shape index (κ2) is 10.3. The van der Waals surface area contributed by atoms with E-state index in [1.165, 1.54) is 0 Å². The van der Waals surface area contributed by atoms with Gasteiger partial charge >= 0.3 is 11.6 Å². The Kier molecular flexibility index (Phi) is 7.50. The predicted octanol–water partition coefficient (Wildman–Crippen LogP) is 1.78. The van der Waals surface area contributed by atoms with Crippen molar-refractivity contribution in [1.29, 1.82) is 0 Å². The number of carbonyl (C=O) groups excluding carboxylic acids is 2. The number of aliphatic carboxylic acids is 1. The number of fused-ring (bicyclic) bond motifs is 3. The van der Waals surface area contributed by atoms with Crippen molar-refractivity contribution in [3.8, 4) is 5.75 Å². The molecule has 9 nitrogen and oxygen atoms in total. The lowest BCUT2D eigenvalue weighted by molar-refractivity contribution is -0.138. The Balaban J connectivity index is 1.65. The molecule has 1 aromatic carbocycles. The molecule has 172 valence electrons. The van der Waals surface area contributed by atoms with Gasteiger partial charge in [0.05, 0.1) is 0 Å². The van der Waals surface area contributed by atoms with Crippen LogP contribution in [0, 0.1) is 5.92 Å². The summed E-state index contributed by atoms with van der Waals surface area (Å²) in [6.07, 6.45) is 3.92. The standard InChI is InChI=1S/C23H28N2O7/c1-13(2)9-18(22(29)24-11-21(27)28)25-20(26)12-31-14-7-8-16-15-5-3-4-6-17(15)23(30)32-19(16)10-14/h7-8,10,13,18H,3-6,9,11-12H2,1-2H3,(H,24,29)(H,25,26)(H,27,28)/t18-/m0/s1. The van der Waals surface area contributed by atoms with Gasteiger partial charge in [0, 0.05) is 17.0 Å². The zero-order valence-corrected chi connectivity index (χ0v) is 18.2. The molecule has 2 aromatic rings. The van der Waals surface area contributed by atoms with Crippen LogP contribution in [0.1, 0.15) is 44.2 Å². The Bertz CT molecular complexity index is 1070. The van der Waals surface area contributed by atoms with E-state index >= 15 is 0 Å². The molecule has 0 saturated carbocycles. The van der Waals surface area contributed by atoms with Gasteiger partial charge in [-0.3, -0.25) is 14.4 Å². The molecule has 1 aromatic heterocycles. The monoisotopic (exact) mass is 444 g/mol. The Labute approximate surface area is 185 Å². The van der Waals surface area contributed by atoms with Gasteiger partial charge in [0.15, 0.2) is 6.61 Å². The molecule has 9 heteroatoms. The highest BCUT2D eigenvalue weighted by Gasteiger charge is 2.23. The Morgan fingerprint density at radius 1 is 1.16 bits per heavy atom. The van der Waals surface area contributed by atoms with E-state index in [1.807, 2.05) is 19.9 Å². The highest BCUT2D eigenvalue weighted by Crippen LogP contribution is 2.29. The van der Waals surface area contributed by atoms with Crippen LogP contribution in [0.4, 0.5) is 0 Å². The maximum absolute atomic E-state index is 12.4. The predicted molar refractivity (Wildman–Crippen MR) is 117 cm³/mol. The van der Waals surface area contributed by atoms with Crippen molar-refractivity contribution in [2.45, 2.75) is 52.0 Å². The first-order valence-electron chi connectivity index (χ1n) is 10.7. The minimum absolute atomic E-state index is 0.103. The summed E-state index contributed by atoms with van der Waals surface area (Å²) < 4.78 is 11.0. The summed E-state index contributed by atoms with van der Waals surface area (Å²) >= 11 is 0. The number of hydrogen-bond acceptors (Lipinski definition) is 6. The average molecular weight is 444 g/mol. The lowest BCUT2D eigenvalue weighted by Gasteiger charge is -2.20. The summed E-state index contributed by atoms with van der Waals surface area (Å²) in [6.45, 7) is 2.91. The van der Waals surface area contributed by atoms with Crippen LogP contribution in [0.3, 0.4) is 0 Å². The van der Waals surface area contributed by atoms with Gasteiger partial charge in [-0.15, -0.1) is 0 Å². The minimum atomic E-state index is -1.17. The molecule has 1 heterocycles. The molecule has 0 unspecified atom stereocenters. The Morgan fingerprint density at radius 3 is 2.56 bits per heavy atom. The molecular formula is C23H28N2O7. The third-order valence-corrected chi connectivity index (χ3v) is 5.34. The van der Waals surface area contributed by atoms with E-state index in [2.05, 4.69) is 10.6 Å². The molecule has 32 heavy (non-hydrogen) atoms. The first-order valence-corrected chi connectivity index (χ1v) is 10.7. The molecule has 1 aliphatic carbocycles. The van der Waals surface area contributed by atoms with Gasteiger partial charge < -0.3 is 24.9 Å². The van der Waals surface area contributed by atoms with Gasteiger partial charge in [0.25, 0.3) is 5.91 Å². The lowest BCUT2D eigenvalue weighted by Crippen LogP contribution is -2.49. The number of benzene rings is 1. The van der Waals surface area contributed by atoms with Gasteiger partial charge in [-0.25, -0.2) is 4.79 Å². The van der Waals surface area contributed by atoms with Crippen molar-refractivity contribution >= 4 is 28.8 Å². The van der Waals surface area contributed by atoms with Crippen LogP contribution in [0.2, 0.25) is 0 Å². The number of hydrogen-bond donors (Lipinski definition) is 3. The molecular weight excluding hydrogens is 416 g/mol. The molecule has 0 aliphatic heterocycles. The molecule has 3 rings (SSSR count). The number of amides is 2. The molecule has 0 bridgehead atoms. The number of carboxylic acids is 1. The van der Waals surface area contributed by atoms with Crippen LogP contribution in [0.25, 0.3) is 11.0 Å². The van der Waals surface area contributed by atoms with Gasteiger partial charge in [0.1, 0.15) is 23.9 Å². The van der Waals surface area contributed by atoms with Gasteiger partial charge in [-0.2, -0.15) is 0 Å². The van der Waals surface area contributed by atoms with Crippen molar-refractivity contribution in [3.05, 3.63) is 39.7 Å². The summed E-state index contributed by atoms with van der Waals surface area (Å²) in [5, 5.41) is 14.5. The summed E-state index contributed by atoms with van der Waals surface area (Å²) in [7, 11) is 0.